The van der Waals surface area contributed by atoms with E-state index in [1.807, 2.05) is 44.2 Å². The van der Waals surface area contributed by atoms with Gasteiger partial charge in [-0.3, -0.25) is 9.59 Å². The Morgan fingerprint density at radius 2 is 1.74 bits per heavy atom. The van der Waals surface area contributed by atoms with E-state index >= 15 is 0 Å². The lowest BCUT2D eigenvalue weighted by atomic mass is 9.94. The second-order valence-corrected chi connectivity index (χ2v) is 9.05. The highest BCUT2D eigenvalue weighted by Gasteiger charge is 2.29. The molecule has 4 rings (SSSR count). The number of hydrogen-bond acceptors (Lipinski definition) is 6. The Labute approximate surface area is 204 Å². The first-order valence-corrected chi connectivity index (χ1v) is 11.7. The van der Waals surface area contributed by atoms with E-state index in [9.17, 15) is 18.8 Å². The third-order valence-electron chi connectivity index (χ3n) is 5.35. The van der Waals surface area contributed by atoms with Gasteiger partial charge in [-0.05, 0) is 50.6 Å². The Bertz CT molecular complexity index is 1390. The smallest absolute Gasteiger partial charge is 0.436 e. The van der Waals surface area contributed by atoms with Crippen LogP contribution in [-0.4, -0.2) is 34.3 Å². The molecule has 0 saturated carbocycles. The first-order valence-electron chi connectivity index (χ1n) is 10.8. The van der Waals surface area contributed by atoms with Crippen LogP contribution in [0.25, 0.3) is 10.2 Å². The lowest BCUT2D eigenvalue weighted by Gasteiger charge is -2.26. The number of benzene rings is 2. The van der Waals surface area contributed by atoms with Gasteiger partial charge in [0, 0.05) is 10.9 Å². The fourth-order valence-corrected chi connectivity index (χ4v) is 4.54. The zero-order valence-electron chi connectivity index (χ0n) is 19.3. The molecule has 0 atom stereocenters. The summed E-state index contributed by atoms with van der Waals surface area (Å²) in [5, 5.41) is 11.8. The van der Waals surface area contributed by atoms with Crippen LogP contribution in [0.4, 0.5) is 15.0 Å². The summed E-state index contributed by atoms with van der Waals surface area (Å²) < 4.78 is 19.4. The molecule has 0 bridgehead atoms. The van der Waals surface area contributed by atoms with Gasteiger partial charge in [0.1, 0.15) is 10.6 Å². The van der Waals surface area contributed by atoms with Gasteiger partial charge in [0.05, 0.1) is 23.1 Å². The maximum atomic E-state index is 13.3. The minimum Gasteiger partial charge on any atom is -0.448 e. The number of hydrogen-bond donors (Lipinski definition) is 2. The molecule has 0 spiro atoms. The summed E-state index contributed by atoms with van der Waals surface area (Å²) >= 11 is 1.13. The van der Waals surface area contributed by atoms with Crippen molar-refractivity contribution in [3.8, 4) is 0 Å². The molecule has 0 aliphatic rings. The second kappa shape index (κ2) is 9.67. The van der Waals surface area contributed by atoms with Gasteiger partial charge in [0.2, 0.25) is 0 Å². The van der Waals surface area contributed by atoms with E-state index in [1.165, 1.54) is 12.1 Å². The molecule has 0 aliphatic carbocycles. The minimum absolute atomic E-state index is 0.0197. The van der Waals surface area contributed by atoms with Crippen LogP contribution in [0.2, 0.25) is 0 Å². The monoisotopic (exact) mass is 494 g/mol. The molecule has 0 aliphatic heterocycles. The van der Waals surface area contributed by atoms with Crippen molar-refractivity contribution in [1.29, 1.82) is 0 Å². The zero-order chi connectivity index (χ0) is 25.2. The number of ether oxygens (including phenoxy) is 1. The molecule has 0 saturated heterocycles. The van der Waals surface area contributed by atoms with Crippen molar-refractivity contribution < 1.29 is 23.5 Å². The largest absolute Gasteiger partial charge is 0.448 e. The summed E-state index contributed by atoms with van der Waals surface area (Å²) in [6.45, 7) is 5.54. The number of aromatic nitrogens is 2. The first-order chi connectivity index (χ1) is 16.7. The average Bonchev–Trinajstić information content (AvgIpc) is 3.41. The molecular formula is C25H23FN4O4S. The van der Waals surface area contributed by atoms with E-state index in [0.29, 0.717) is 10.2 Å². The molecule has 2 N–H and O–H groups in total. The molecule has 2 amide bonds. The van der Waals surface area contributed by atoms with E-state index < -0.39 is 29.3 Å². The summed E-state index contributed by atoms with van der Waals surface area (Å²) in [5.41, 5.74) is 0.656. The van der Waals surface area contributed by atoms with Crippen molar-refractivity contribution in [2.75, 3.05) is 11.9 Å². The minimum atomic E-state index is -0.738. The van der Waals surface area contributed by atoms with Crippen molar-refractivity contribution >= 4 is 45.3 Å². The van der Waals surface area contributed by atoms with Crippen LogP contribution >= 0.6 is 11.3 Å². The molecule has 2 heterocycles. The maximum Gasteiger partial charge on any atom is 0.436 e. The van der Waals surface area contributed by atoms with Crippen LogP contribution in [0.5, 0.6) is 0 Å². The van der Waals surface area contributed by atoms with Crippen LogP contribution in [0.3, 0.4) is 0 Å². The summed E-state index contributed by atoms with van der Waals surface area (Å²) in [6.07, 6.45) is -0.738. The first kappa shape index (κ1) is 24.1. The van der Waals surface area contributed by atoms with Gasteiger partial charge in [-0.15, -0.1) is 16.4 Å². The number of halogens is 1. The fraction of sp³-hybridized carbons (Fsp3) is 0.200. The number of nitrogens with one attached hydrogen (secondary N) is 2. The topological polar surface area (TPSA) is 102 Å². The molecule has 10 heteroatoms. The van der Waals surface area contributed by atoms with Gasteiger partial charge in [-0.1, -0.05) is 30.3 Å². The second-order valence-electron chi connectivity index (χ2n) is 8.20. The van der Waals surface area contributed by atoms with E-state index in [2.05, 4.69) is 15.7 Å². The van der Waals surface area contributed by atoms with Crippen molar-refractivity contribution in [2.45, 2.75) is 26.3 Å². The van der Waals surface area contributed by atoms with Crippen LogP contribution < -0.4 is 10.6 Å². The lowest BCUT2D eigenvalue weighted by Crippen LogP contribution is -2.40. The summed E-state index contributed by atoms with van der Waals surface area (Å²) in [7, 11) is 0. The zero-order valence-corrected chi connectivity index (χ0v) is 20.1. The summed E-state index contributed by atoms with van der Waals surface area (Å²) in [4.78, 5) is 39.0. The van der Waals surface area contributed by atoms with Crippen LogP contribution in [0, 0.1) is 5.82 Å². The van der Waals surface area contributed by atoms with Crippen molar-refractivity contribution in [2.24, 2.45) is 0 Å². The summed E-state index contributed by atoms with van der Waals surface area (Å²) in [6, 6.07) is 14.5. The van der Waals surface area contributed by atoms with Crippen LogP contribution in [-0.2, 0) is 10.3 Å². The Balaban J connectivity index is 1.72. The van der Waals surface area contributed by atoms with Crippen molar-refractivity contribution in [3.63, 3.8) is 0 Å². The molecule has 35 heavy (non-hydrogen) atoms. The van der Waals surface area contributed by atoms with Gasteiger partial charge >= 0.3 is 6.09 Å². The Kier molecular flexibility index (Phi) is 6.65. The van der Waals surface area contributed by atoms with Gasteiger partial charge in [0.15, 0.2) is 5.82 Å². The molecule has 180 valence electrons. The van der Waals surface area contributed by atoms with Gasteiger partial charge < -0.3 is 15.4 Å². The maximum absolute atomic E-state index is 13.3. The lowest BCUT2D eigenvalue weighted by molar-refractivity contribution is 0.0913. The van der Waals surface area contributed by atoms with Gasteiger partial charge in [0.25, 0.3) is 11.8 Å². The molecule has 0 unspecified atom stereocenters. The molecule has 2 aromatic carbocycles. The van der Waals surface area contributed by atoms with Crippen LogP contribution in [0.15, 0.2) is 60.0 Å². The highest BCUT2D eigenvalue weighted by Crippen LogP contribution is 2.34. The number of anilines is 1. The molecule has 0 fully saturated rings. The molecule has 8 nitrogen and oxygen atoms in total. The van der Waals surface area contributed by atoms with E-state index in [1.54, 1.807) is 12.3 Å². The standard InChI is InChI=1S/C25H23FN4O4S/c1-4-34-24(33)30-23-19(20(29-30)27-21(31)15-10-12-17(26)13-11-15)18(14-35-23)22(32)28-25(2,3)16-8-6-5-7-9-16/h5-14H,4H2,1-3H3,(H,28,32)(H,27,29,31). The summed E-state index contributed by atoms with van der Waals surface area (Å²) in [5.74, 6) is -1.42. The number of nitrogens with zero attached hydrogens (tertiary/aromatic N) is 2. The number of carbonyl (C=O) groups excluding carboxylic acids is 3. The molecule has 2 aromatic heterocycles. The Morgan fingerprint density at radius 3 is 2.40 bits per heavy atom. The number of thiophene rings is 1. The number of fused-ring (bicyclic) bond motifs is 1. The average molecular weight is 495 g/mol. The molecule has 0 radical (unpaired) electrons. The predicted octanol–water partition coefficient (Wildman–Crippen LogP) is 5.16. The Hall–Kier alpha value is -4.05. The Morgan fingerprint density at radius 1 is 1.06 bits per heavy atom. The SMILES string of the molecule is CCOC(=O)n1nc(NC(=O)c2ccc(F)cc2)c2c(C(=O)NC(C)(C)c3ccccc3)csc21. The number of amides is 2. The normalized spacial score (nSPS) is 11.3. The quantitative estimate of drug-likeness (QED) is 0.386. The van der Waals surface area contributed by atoms with Gasteiger partial charge in [-0.2, -0.15) is 4.68 Å². The van der Waals surface area contributed by atoms with E-state index in [4.69, 9.17) is 4.74 Å². The van der Waals surface area contributed by atoms with E-state index in [-0.39, 0.29) is 23.6 Å². The van der Waals surface area contributed by atoms with Gasteiger partial charge in [-0.25, -0.2) is 9.18 Å². The molecular weight excluding hydrogens is 471 g/mol. The highest BCUT2D eigenvalue weighted by molar-refractivity contribution is 7.17. The predicted molar refractivity (Wildman–Crippen MR) is 131 cm³/mol. The van der Waals surface area contributed by atoms with Crippen molar-refractivity contribution in [1.82, 2.24) is 15.1 Å². The molecule has 4 aromatic rings. The third kappa shape index (κ3) is 4.92. The van der Waals surface area contributed by atoms with E-state index in [0.717, 1.165) is 33.7 Å². The third-order valence-corrected chi connectivity index (χ3v) is 6.30. The fourth-order valence-electron chi connectivity index (χ4n) is 3.55. The van der Waals surface area contributed by atoms with Crippen LogP contribution in [0.1, 0.15) is 47.1 Å². The highest BCUT2D eigenvalue weighted by atomic mass is 32.1. The number of carbonyl (C=O) groups is 3. The number of rotatable bonds is 6. The van der Waals surface area contributed by atoms with Crippen molar-refractivity contribution in [3.05, 3.63) is 82.5 Å².